The van der Waals surface area contributed by atoms with Gasteiger partial charge >= 0.3 is 0 Å². The van der Waals surface area contributed by atoms with Gasteiger partial charge in [-0.25, -0.2) is 8.42 Å². The molecule has 1 rings (SSSR count). The van der Waals surface area contributed by atoms with Crippen molar-refractivity contribution in [1.29, 1.82) is 0 Å². The second-order valence-electron chi connectivity index (χ2n) is 4.33. The van der Waals surface area contributed by atoms with Gasteiger partial charge in [0.15, 0.2) is 0 Å². The Morgan fingerprint density at radius 3 is 2.55 bits per heavy atom. The van der Waals surface area contributed by atoms with Crippen molar-refractivity contribution in [2.24, 2.45) is 0 Å². The van der Waals surface area contributed by atoms with E-state index in [1.54, 1.807) is 13.8 Å². The molecule has 6 nitrogen and oxygen atoms in total. The Morgan fingerprint density at radius 1 is 1.50 bits per heavy atom. The molecule has 0 heterocycles. The van der Waals surface area contributed by atoms with E-state index in [9.17, 15) is 18.5 Å². The average molecular weight is 319 g/mol. The molecule has 0 aromatic heterocycles. The molecule has 1 aromatic carbocycles. The lowest BCUT2D eigenvalue weighted by molar-refractivity contribution is -0.385. The van der Waals surface area contributed by atoms with E-state index in [0.717, 1.165) is 12.1 Å². The van der Waals surface area contributed by atoms with Gasteiger partial charge in [-0.2, -0.15) is 4.31 Å². The molecular formula is C12H15ClN2O4S. The summed E-state index contributed by atoms with van der Waals surface area (Å²) >= 11 is 5.88. The number of nitro benzene ring substituents is 1. The van der Waals surface area contributed by atoms with E-state index in [2.05, 4.69) is 6.58 Å². The van der Waals surface area contributed by atoms with Crippen molar-refractivity contribution in [3.05, 3.63) is 46.0 Å². The number of hydrogen-bond donors (Lipinski definition) is 0. The third-order valence-electron chi connectivity index (χ3n) is 2.60. The van der Waals surface area contributed by atoms with Gasteiger partial charge in [-0.15, -0.1) is 6.58 Å². The Hall–Kier alpha value is -1.44. The molecule has 0 aliphatic rings. The van der Waals surface area contributed by atoms with Crippen LogP contribution in [0.25, 0.3) is 0 Å². The number of rotatable bonds is 6. The molecular weight excluding hydrogens is 304 g/mol. The predicted octanol–water partition coefficient (Wildman–Crippen LogP) is 2.83. The largest absolute Gasteiger partial charge is 0.270 e. The van der Waals surface area contributed by atoms with E-state index in [0.29, 0.717) is 0 Å². The first-order valence-electron chi connectivity index (χ1n) is 5.78. The standard InChI is InChI=1S/C12H15ClN2O4S/c1-4-7-14(9(2)3)20(18,19)12-8-10(15(16)17)5-6-11(12)13/h4-6,8-9H,1,7H2,2-3H3. The van der Waals surface area contributed by atoms with Gasteiger partial charge in [0.2, 0.25) is 10.0 Å². The number of halogens is 1. The topological polar surface area (TPSA) is 80.5 Å². The monoisotopic (exact) mass is 318 g/mol. The van der Waals surface area contributed by atoms with Crippen LogP contribution in [0, 0.1) is 10.1 Å². The molecule has 0 unspecified atom stereocenters. The molecule has 0 spiro atoms. The first-order valence-corrected chi connectivity index (χ1v) is 7.60. The van der Waals surface area contributed by atoms with Crippen molar-refractivity contribution in [3.8, 4) is 0 Å². The van der Waals surface area contributed by atoms with Crippen molar-refractivity contribution in [2.75, 3.05) is 6.54 Å². The molecule has 20 heavy (non-hydrogen) atoms. The maximum atomic E-state index is 12.5. The molecule has 0 atom stereocenters. The normalized spacial score (nSPS) is 11.8. The van der Waals surface area contributed by atoms with Gasteiger partial charge in [0.1, 0.15) is 4.90 Å². The van der Waals surface area contributed by atoms with Crippen molar-refractivity contribution < 1.29 is 13.3 Å². The van der Waals surface area contributed by atoms with Gasteiger partial charge in [0.05, 0.1) is 9.95 Å². The molecule has 0 radical (unpaired) electrons. The fraction of sp³-hybridized carbons (Fsp3) is 0.333. The second kappa shape index (κ2) is 6.34. The van der Waals surface area contributed by atoms with Gasteiger partial charge in [-0.3, -0.25) is 10.1 Å². The highest BCUT2D eigenvalue weighted by Crippen LogP contribution is 2.29. The molecule has 0 N–H and O–H groups in total. The highest BCUT2D eigenvalue weighted by atomic mass is 35.5. The maximum Gasteiger partial charge on any atom is 0.270 e. The van der Waals surface area contributed by atoms with Crippen molar-refractivity contribution in [2.45, 2.75) is 24.8 Å². The van der Waals surface area contributed by atoms with Crippen LogP contribution in [-0.2, 0) is 10.0 Å². The van der Waals surface area contributed by atoms with E-state index in [4.69, 9.17) is 11.6 Å². The van der Waals surface area contributed by atoms with Crippen LogP contribution in [0.3, 0.4) is 0 Å². The molecule has 0 fully saturated rings. The molecule has 110 valence electrons. The highest BCUT2D eigenvalue weighted by Gasteiger charge is 2.29. The van der Waals surface area contributed by atoms with Crippen LogP contribution in [0.2, 0.25) is 5.02 Å². The number of sulfonamides is 1. The summed E-state index contributed by atoms with van der Waals surface area (Å²) in [6, 6.07) is 3.01. The summed E-state index contributed by atoms with van der Waals surface area (Å²) in [6.07, 6.45) is 1.45. The summed E-state index contributed by atoms with van der Waals surface area (Å²) in [6.45, 7) is 7.01. The lowest BCUT2D eigenvalue weighted by Gasteiger charge is -2.24. The van der Waals surface area contributed by atoms with Gasteiger partial charge in [0.25, 0.3) is 5.69 Å². The highest BCUT2D eigenvalue weighted by molar-refractivity contribution is 7.89. The van der Waals surface area contributed by atoms with E-state index in [-0.39, 0.29) is 28.2 Å². The summed E-state index contributed by atoms with van der Waals surface area (Å²) in [5.74, 6) is 0. The molecule has 1 aromatic rings. The third-order valence-corrected chi connectivity index (χ3v) is 5.12. The predicted molar refractivity (Wildman–Crippen MR) is 77.3 cm³/mol. The quantitative estimate of drug-likeness (QED) is 0.459. The summed E-state index contributed by atoms with van der Waals surface area (Å²) in [5.41, 5.74) is -0.324. The number of hydrogen-bond acceptors (Lipinski definition) is 4. The molecule has 8 heteroatoms. The van der Waals surface area contributed by atoms with Crippen LogP contribution in [0.5, 0.6) is 0 Å². The number of nitrogens with zero attached hydrogens (tertiary/aromatic N) is 2. The van der Waals surface area contributed by atoms with Crippen LogP contribution >= 0.6 is 11.6 Å². The number of benzene rings is 1. The fourth-order valence-corrected chi connectivity index (χ4v) is 3.75. The zero-order valence-corrected chi connectivity index (χ0v) is 12.7. The van der Waals surface area contributed by atoms with Gasteiger partial charge in [0, 0.05) is 24.7 Å². The van der Waals surface area contributed by atoms with Crippen LogP contribution in [0.15, 0.2) is 35.7 Å². The molecule has 0 aliphatic carbocycles. The zero-order valence-electron chi connectivity index (χ0n) is 11.1. The van der Waals surface area contributed by atoms with Crippen molar-refractivity contribution >= 4 is 27.3 Å². The fourth-order valence-electron chi connectivity index (χ4n) is 1.64. The minimum absolute atomic E-state index is 0.0506. The number of non-ortho nitro benzene ring substituents is 1. The first kappa shape index (κ1) is 16.6. The lowest BCUT2D eigenvalue weighted by Crippen LogP contribution is -2.37. The molecule has 0 saturated carbocycles. The molecule has 0 amide bonds. The SMILES string of the molecule is C=CCN(C(C)C)S(=O)(=O)c1cc([N+](=O)[O-])ccc1Cl. The molecule has 0 bridgehead atoms. The summed E-state index contributed by atoms with van der Waals surface area (Å²) in [7, 11) is -3.92. The number of nitro groups is 1. The first-order chi connectivity index (χ1) is 9.21. The van der Waals surface area contributed by atoms with Crippen LogP contribution in [-0.4, -0.2) is 30.2 Å². The average Bonchev–Trinajstić information content (AvgIpc) is 2.35. The summed E-state index contributed by atoms with van der Waals surface area (Å²) in [5, 5.41) is 10.7. The van der Waals surface area contributed by atoms with Crippen molar-refractivity contribution in [3.63, 3.8) is 0 Å². The Morgan fingerprint density at radius 2 is 2.10 bits per heavy atom. The minimum Gasteiger partial charge on any atom is -0.258 e. The van der Waals surface area contributed by atoms with Gasteiger partial charge in [-0.1, -0.05) is 17.7 Å². The summed E-state index contributed by atoms with van der Waals surface area (Å²) in [4.78, 5) is 9.82. The van der Waals surface area contributed by atoms with Crippen LogP contribution < -0.4 is 0 Å². The summed E-state index contributed by atoms with van der Waals surface area (Å²) < 4.78 is 26.2. The van der Waals surface area contributed by atoms with Crippen LogP contribution in [0.1, 0.15) is 13.8 Å². The molecule has 0 aliphatic heterocycles. The van der Waals surface area contributed by atoms with E-state index in [1.165, 1.54) is 16.4 Å². The maximum absolute atomic E-state index is 12.5. The van der Waals surface area contributed by atoms with Gasteiger partial charge in [-0.05, 0) is 19.9 Å². The van der Waals surface area contributed by atoms with Crippen molar-refractivity contribution in [1.82, 2.24) is 4.31 Å². The second-order valence-corrected chi connectivity index (χ2v) is 6.60. The van der Waals surface area contributed by atoms with Crippen LogP contribution in [0.4, 0.5) is 5.69 Å². The zero-order chi connectivity index (χ0) is 15.5. The van der Waals surface area contributed by atoms with Gasteiger partial charge < -0.3 is 0 Å². The molecule has 0 saturated heterocycles. The Labute approximate surface area is 122 Å². The van der Waals surface area contributed by atoms with E-state index >= 15 is 0 Å². The minimum atomic E-state index is -3.92. The smallest absolute Gasteiger partial charge is 0.258 e. The third kappa shape index (κ3) is 3.36. The Balaban J connectivity index is 3.43. The Kier molecular flexibility index (Phi) is 5.27. The lowest BCUT2D eigenvalue weighted by atomic mass is 10.3. The van der Waals surface area contributed by atoms with E-state index < -0.39 is 14.9 Å². The van der Waals surface area contributed by atoms with E-state index in [1.807, 2.05) is 0 Å². The Bertz CT molecular complexity index is 628.